The molecule has 0 radical (unpaired) electrons. The van der Waals surface area contributed by atoms with Crippen molar-refractivity contribution in [2.24, 2.45) is 0 Å². The predicted octanol–water partition coefficient (Wildman–Crippen LogP) is 4.13. The van der Waals surface area contributed by atoms with Gasteiger partial charge < -0.3 is 4.90 Å². The van der Waals surface area contributed by atoms with Crippen LogP contribution in [0.5, 0.6) is 0 Å². The van der Waals surface area contributed by atoms with Crippen LogP contribution < -0.4 is 0 Å². The van der Waals surface area contributed by atoms with Crippen LogP contribution in [-0.2, 0) is 11.3 Å². The van der Waals surface area contributed by atoms with E-state index in [1.165, 1.54) is 5.56 Å². The number of benzene rings is 2. The van der Waals surface area contributed by atoms with Crippen molar-refractivity contribution in [3.05, 3.63) is 65.7 Å². The van der Waals surface area contributed by atoms with Gasteiger partial charge in [0.05, 0.1) is 5.25 Å². The molecule has 0 saturated carbocycles. The van der Waals surface area contributed by atoms with Crippen LogP contribution in [0.1, 0.15) is 18.1 Å². The molecule has 0 aliphatic rings. The first-order valence-electron chi connectivity index (χ1n) is 7.08. The first-order chi connectivity index (χ1) is 10.1. The molecule has 0 spiro atoms. The molecule has 0 aliphatic carbocycles. The molecule has 0 aromatic heterocycles. The van der Waals surface area contributed by atoms with Crippen molar-refractivity contribution in [3.8, 4) is 0 Å². The van der Waals surface area contributed by atoms with Gasteiger partial charge in [-0.15, -0.1) is 11.8 Å². The largest absolute Gasteiger partial charge is 0.340 e. The average molecular weight is 299 g/mol. The molecule has 21 heavy (non-hydrogen) atoms. The van der Waals surface area contributed by atoms with Crippen molar-refractivity contribution in [3.63, 3.8) is 0 Å². The first kappa shape index (κ1) is 15.6. The predicted molar refractivity (Wildman–Crippen MR) is 89.4 cm³/mol. The topological polar surface area (TPSA) is 20.3 Å². The van der Waals surface area contributed by atoms with Crippen molar-refractivity contribution in [2.45, 2.75) is 30.5 Å². The number of nitrogens with zero attached hydrogens (tertiary/aromatic N) is 1. The van der Waals surface area contributed by atoms with E-state index in [0.717, 1.165) is 10.5 Å². The van der Waals surface area contributed by atoms with Crippen LogP contribution in [0.2, 0.25) is 0 Å². The van der Waals surface area contributed by atoms with Crippen molar-refractivity contribution < 1.29 is 4.79 Å². The number of amides is 1. The maximum atomic E-state index is 12.4. The lowest BCUT2D eigenvalue weighted by Crippen LogP contribution is -2.32. The van der Waals surface area contributed by atoms with Crippen molar-refractivity contribution in [1.82, 2.24) is 4.90 Å². The molecule has 0 saturated heterocycles. The average Bonchev–Trinajstić information content (AvgIpc) is 2.49. The minimum Gasteiger partial charge on any atom is -0.340 e. The fourth-order valence-corrected chi connectivity index (χ4v) is 3.10. The Labute approximate surface area is 131 Å². The Hall–Kier alpha value is -1.74. The third-order valence-electron chi connectivity index (χ3n) is 3.32. The summed E-state index contributed by atoms with van der Waals surface area (Å²) in [6.07, 6.45) is 0. The van der Waals surface area contributed by atoms with Gasteiger partial charge in [0.25, 0.3) is 0 Å². The number of hydrogen-bond acceptors (Lipinski definition) is 2. The molecule has 110 valence electrons. The lowest BCUT2D eigenvalue weighted by molar-refractivity contribution is -0.129. The summed E-state index contributed by atoms with van der Waals surface area (Å²) in [7, 11) is 1.86. The van der Waals surface area contributed by atoms with Gasteiger partial charge in [0.1, 0.15) is 0 Å². The van der Waals surface area contributed by atoms with Crippen LogP contribution in [0.25, 0.3) is 0 Å². The standard InChI is InChI=1S/C18H21NOS/c1-14-9-11-17(12-10-14)21-15(2)18(20)19(3)13-16-7-5-4-6-8-16/h4-12,15H,13H2,1-3H3/t15-/m1/s1. The summed E-state index contributed by atoms with van der Waals surface area (Å²) in [6.45, 7) is 4.68. The molecule has 1 amide bonds. The summed E-state index contributed by atoms with van der Waals surface area (Å²) < 4.78 is 0. The first-order valence-corrected chi connectivity index (χ1v) is 7.96. The number of rotatable bonds is 5. The van der Waals surface area contributed by atoms with E-state index in [9.17, 15) is 4.79 Å². The van der Waals surface area contributed by atoms with E-state index in [4.69, 9.17) is 0 Å². The molecular weight excluding hydrogens is 278 g/mol. The van der Waals surface area contributed by atoms with Gasteiger partial charge in [-0.3, -0.25) is 4.79 Å². The smallest absolute Gasteiger partial charge is 0.235 e. The Morgan fingerprint density at radius 3 is 2.33 bits per heavy atom. The van der Waals surface area contributed by atoms with E-state index in [1.807, 2.05) is 44.3 Å². The summed E-state index contributed by atoms with van der Waals surface area (Å²) >= 11 is 1.61. The summed E-state index contributed by atoms with van der Waals surface area (Å²) in [5.41, 5.74) is 2.39. The molecule has 1 atom stereocenters. The molecule has 2 aromatic carbocycles. The fraction of sp³-hybridized carbons (Fsp3) is 0.278. The molecule has 0 aliphatic heterocycles. The molecule has 2 rings (SSSR count). The maximum absolute atomic E-state index is 12.4. The molecule has 0 N–H and O–H groups in total. The van der Waals surface area contributed by atoms with E-state index in [1.54, 1.807) is 16.7 Å². The highest BCUT2D eigenvalue weighted by atomic mass is 32.2. The Morgan fingerprint density at radius 1 is 1.10 bits per heavy atom. The molecular formula is C18H21NOS. The van der Waals surface area contributed by atoms with Gasteiger partial charge >= 0.3 is 0 Å². The van der Waals surface area contributed by atoms with E-state index < -0.39 is 0 Å². The van der Waals surface area contributed by atoms with Gasteiger partial charge in [-0.05, 0) is 31.5 Å². The third-order valence-corrected chi connectivity index (χ3v) is 4.42. The second-order valence-electron chi connectivity index (χ2n) is 5.25. The number of thioether (sulfide) groups is 1. The Bertz CT molecular complexity index is 580. The third kappa shape index (κ3) is 4.64. The highest BCUT2D eigenvalue weighted by Gasteiger charge is 2.18. The molecule has 2 nitrogen and oxygen atoms in total. The second kappa shape index (κ2) is 7.32. The monoisotopic (exact) mass is 299 g/mol. The quantitative estimate of drug-likeness (QED) is 0.774. The van der Waals surface area contributed by atoms with E-state index in [-0.39, 0.29) is 11.2 Å². The van der Waals surface area contributed by atoms with Crippen molar-refractivity contribution in [1.29, 1.82) is 0 Å². The fourth-order valence-electron chi connectivity index (χ4n) is 2.12. The second-order valence-corrected chi connectivity index (χ2v) is 6.67. The minimum absolute atomic E-state index is 0.0820. The lowest BCUT2D eigenvalue weighted by atomic mass is 10.2. The van der Waals surface area contributed by atoms with Gasteiger partial charge in [-0.2, -0.15) is 0 Å². The molecule has 2 aromatic rings. The molecule has 3 heteroatoms. The number of aryl methyl sites for hydroxylation is 1. The number of carbonyl (C=O) groups is 1. The summed E-state index contributed by atoms with van der Waals surface area (Å²) in [5.74, 6) is 0.157. The lowest BCUT2D eigenvalue weighted by Gasteiger charge is -2.21. The Morgan fingerprint density at radius 2 is 1.71 bits per heavy atom. The van der Waals surface area contributed by atoms with Crippen LogP contribution in [0, 0.1) is 6.92 Å². The van der Waals surface area contributed by atoms with Crippen LogP contribution in [0.3, 0.4) is 0 Å². The Balaban J connectivity index is 1.93. The van der Waals surface area contributed by atoms with Gasteiger partial charge in [-0.25, -0.2) is 0 Å². The summed E-state index contributed by atoms with van der Waals surface area (Å²) in [6, 6.07) is 18.4. The SMILES string of the molecule is Cc1ccc(S[C@H](C)C(=O)N(C)Cc2ccccc2)cc1. The van der Waals surface area contributed by atoms with Crippen molar-refractivity contribution >= 4 is 17.7 Å². The normalized spacial score (nSPS) is 12.0. The highest BCUT2D eigenvalue weighted by Crippen LogP contribution is 2.24. The van der Waals surface area contributed by atoms with Gasteiger partial charge in [0, 0.05) is 18.5 Å². The molecule has 0 unspecified atom stereocenters. The number of carbonyl (C=O) groups excluding carboxylic acids is 1. The molecule has 0 fully saturated rings. The summed E-state index contributed by atoms with van der Waals surface area (Å²) in [4.78, 5) is 15.4. The van der Waals surface area contributed by atoms with Gasteiger partial charge in [0.2, 0.25) is 5.91 Å². The minimum atomic E-state index is -0.0820. The highest BCUT2D eigenvalue weighted by molar-refractivity contribution is 8.00. The van der Waals surface area contributed by atoms with E-state index in [0.29, 0.717) is 6.54 Å². The van der Waals surface area contributed by atoms with Gasteiger partial charge in [-0.1, -0.05) is 48.0 Å². The molecule has 0 heterocycles. The summed E-state index contributed by atoms with van der Waals surface area (Å²) in [5, 5.41) is -0.0820. The van der Waals surface area contributed by atoms with Crippen LogP contribution in [0.4, 0.5) is 0 Å². The Kier molecular flexibility index (Phi) is 5.45. The molecule has 0 bridgehead atoms. The van der Waals surface area contributed by atoms with E-state index in [2.05, 4.69) is 31.2 Å². The van der Waals surface area contributed by atoms with Crippen LogP contribution >= 0.6 is 11.8 Å². The zero-order valence-electron chi connectivity index (χ0n) is 12.7. The van der Waals surface area contributed by atoms with Crippen LogP contribution in [0.15, 0.2) is 59.5 Å². The van der Waals surface area contributed by atoms with Crippen molar-refractivity contribution in [2.75, 3.05) is 7.05 Å². The van der Waals surface area contributed by atoms with Gasteiger partial charge in [0.15, 0.2) is 0 Å². The number of hydrogen-bond donors (Lipinski definition) is 0. The zero-order chi connectivity index (χ0) is 15.2. The van der Waals surface area contributed by atoms with Crippen LogP contribution in [-0.4, -0.2) is 23.1 Å². The maximum Gasteiger partial charge on any atom is 0.235 e. The van der Waals surface area contributed by atoms with E-state index >= 15 is 0 Å². The zero-order valence-corrected chi connectivity index (χ0v) is 13.6.